The molecule has 2 heterocycles. The Morgan fingerprint density at radius 1 is 1.32 bits per heavy atom. The van der Waals surface area contributed by atoms with Crippen molar-refractivity contribution in [2.24, 2.45) is 5.73 Å². The number of rotatable bonds is 6. The molecule has 0 spiro atoms. The van der Waals surface area contributed by atoms with E-state index >= 15 is 0 Å². The number of hydrogen-bond donors (Lipinski definition) is 3. The summed E-state index contributed by atoms with van der Waals surface area (Å²) in [5.74, 6) is -0.914. The largest absolute Gasteiger partial charge is 0.478 e. The Labute approximate surface area is 154 Å². The normalized spacial score (nSPS) is 11.2. The zero-order valence-electron chi connectivity index (χ0n) is 14.0. The number of aryl methyl sites for hydroxylation is 2. The maximum Gasteiger partial charge on any atom is 0.336 e. The summed E-state index contributed by atoms with van der Waals surface area (Å²) < 4.78 is 0.881. The summed E-state index contributed by atoms with van der Waals surface area (Å²) in [7, 11) is 0. The standard InChI is InChI=1S/C19H20BrN3O2/c1-11-5-6-15(19(24)25)16-14(4-2-3-7-21)18(23-17(11)16)12-8-13(20)10-22-9-12/h5-6,8-10,23H,2-4,7,21H2,1H3,(H,24,25). The molecule has 0 saturated heterocycles. The third-order valence-corrected chi connectivity index (χ3v) is 4.81. The molecule has 2 aromatic heterocycles. The van der Waals surface area contributed by atoms with E-state index in [1.165, 1.54) is 0 Å². The molecule has 0 aliphatic heterocycles. The summed E-state index contributed by atoms with van der Waals surface area (Å²) in [5, 5.41) is 10.4. The van der Waals surface area contributed by atoms with Gasteiger partial charge in [0.1, 0.15) is 0 Å². The van der Waals surface area contributed by atoms with E-state index < -0.39 is 5.97 Å². The van der Waals surface area contributed by atoms with Crippen LogP contribution in [0.5, 0.6) is 0 Å². The van der Waals surface area contributed by atoms with Crippen molar-refractivity contribution in [2.45, 2.75) is 26.2 Å². The van der Waals surface area contributed by atoms with Crippen molar-refractivity contribution < 1.29 is 9.90 Å². The number of carbonyl (C=O) groups is 1. The highest BCUT2D eigenvalue weighted by atomic mass is 79.9. The third kappa shape index (κ3) is 3.45. The van der Waals surface area contributed by atoms with Crippen LogP contribution in [0, 0.1) is 6.92 Å². The van der Waals surface area contributed by atoms with Gasteiger partial charge >= 0.3 is 5.97 Å². The quantitative estimate of drug-likeness (QED) is 0.537. The summed E-state index contributed by atoms with van der Waals surface area (Å²) in [4.78, 5) is 19.4. The molecule has 3 rings (SSSR count). The number of benzene rings is 1. The van der Waals surface area contributed by atoms with Crippen molar-refractivity contribution in [2.75, 3.05) is 6.54 Å². The minimum Gasteiger partial charge on any atom is -0.478 e. The van der Waals surface area contributed by atoms with Crippen molar-refractivity contribution in [3.8, 4) is 11.3 Å². The maximum absolute atomic E-state index is 11.8. The molecule has 4 N–H and O–H groups in total. The topological polar surface area (TPSA) is 92.0 Å². The van der Waals surface area contributed by atoms with E-state index in [4.69, 9.17) is 5.73 Å². The highest BCUT2D eigenvalue weighted by molar-refractivity contribution is 9.10. The Kier molecular flexibility index (Phi) is 5.20. The fourth-order valence-corrected chi connectivity index (χ4v) is 3.54. The number of nitrogens with two attached hydrogens (primary N) is 1. The molecule has 130 valence electrons. The molecule has 25 heavy (non-hydrogen) atoms. The van der Waals surface area contributed by atoms with E-state index in [1.54, 1.807) is 18.5 Å². The fourth-order valence-electron chi connectivity index (χ4n) is 3.18. The lowest BCUT2D eigenvalue weighted by molar-refractivity contribution is 0.0699. The van der Waals surface area contributed by atoms with Crippen LogP contribution in [0.4, 0.5) is 0 Å². The summed E-state index contributed by atoms with van der Waals surface area (Å²) in [6.45, 7) is 2.61. The monoisotopic (exact) mass is 401 g/mol. The number of aromatic amines is 1. The summed E-state index contributed by atoms with van der Waals surface area (Å²) in [6, 6.07) is 5.51. The molecular weight excluding hydrogens is 382 g/mol. The van der Waals surface area contributed by atoms with Gasteiger partial charge in [0.15, 0.2) is 0 Å². The molecular formula is C19H20BrN3O2. The molecule has 0 aliphatic carbocycles. The number of nitrogens with zero attached hydrogens (tertiary/aromatic N) is 1. The molecule has 1 aromatic carbocycles. The van der Waals surface area contributed by atoms with Crippen LogP contribution in [0.25, 0.3) is 22.2 Å². The molecule has 0 saturated carbocycles. The lowest BCUT2D eigenvalue weighted by Gasteiger charge is -2.07. The van der Waals surface area contributed by atoms with Gasteiger partial charge in [-0.25, -0.2) is 4.79 Å². The van der Waals surface area contributed by atoms with Gasteiger partial charge in [0.2, 0.25) is 0 Å². The number of aromatic nitrogens is 2. The SMILES string of the molecule is Cc1ccc(C(=O)O)c2c(CCCCN)c(-c3cncc(Br)c3)[nH]c12. The highest BCUT2D eigenvalue weighted by Crippen LogP contribution is 2.35. The Hall–Kier alpha value is -2.18. The van der Waals surface area contributed by atoms with Crippen molar-refractivity contribution >= 4 is 32.8 Å². The van der Waals surface area contributed by atoms with Crippen LogP contribution in [0.2, 0.25) is 0 Å². The first-order valence-corrected chi connectivity index (χ1v) is 9.00. The highest BCUT2D eigenvalue weighted by Gasteiger charge is 2.20. The van der Waals surface area contributed by atoms with E-state index in [0.717, 1.165) is 57.0 Å². The Balaban J connectivity index is 2.28. The van der Waals surface area contributed by atoms with Gasteiger partial charge in [-0.05, 0) is 71.9 Å². The molecule has 6 heteroatoms. The van der Waals surface area contributed by atoms with Gasteiger partial charge < -0.3 is 15.8 Å². The van der Waals surface area contributed by atoms with Crippen molar-refractivity contribution in [1.82, 2.24) is 9.97 Å². The first-order chi connectivity index (χ1) is 12.0. The van der Waals surface area contributed by atoms with E-state index in [1.807, 2.05) is 19.1 Å². The average Bonchev–Trinajstić information content (AvgIpc) is 2.96. The number of hydrogen-bond acceptors (Lipinski definition) is 3. The molecule has 3 aromatic rings. The van der Waals surface area contributed by atoms with Crippen LogP contribution >= 0.6 is 15.9 Å². The average molecular weight is 402 g/mol. The van der Waals surface area contributed by atoms with E-state index in [2.05, 4.69) is 25.9 Å². The van der Waals surface area contributed by atoms with Crippen LogP contribution in [0.1, 0.15) is 34.3 Å². The van der Waals surface area contributed by atoms with Gasteiger partial charge in [-0.2, -0.15) is 0 Å². The second-order valence-electron chi connectivity index (χ2n) is 6.10. The molecule has 0 unspecified atom stereocenters. The molecule has 0 atom stereocenters. The van der Waals surface area contributed by atoms with Gasteiger partial charge in [-0.15, -0.1) is 0 Å². The number of pyridine rings is 1. The summed E-state index contributed by atoms with van der Waals surface area (Å²) >= 11 is 3.46. The van der Waals surface area contributed by atoms with Gasteiger partial charge in [0, 0.05) is 33.3 Å². The molecule has 0 radical (unpaired) electrons. The number of H-pyrrole nitrogens is 1. The van der Waals surface area contributed by atoms with Crippen LogP contribution in [-0.4, -0.2) is 27.6 Å². The van der Waals surface area contributed by atoms with Crippen molar-refractivity contribution in [1.29, 1.82) is 0 Å². The minimum absolute atomic E-state index is 0.328. The van der Waals surface area contributed by atoms with Crippen molar-refractivity contribution in [3.63, 3.8) is 0 Å². The number of halogens is 1. The summed E-state index contributed by atoms with van der Waals surface area (Å²) in [6.07, 6.45) is 6.09. The van der Waals surface area contributed by atoms with E-state index in [0.29, 0.717) is 12.1 Å². The van der Waals surface area contributed by atoms with E-state index in [-0.39, 0.29) is 0 Å². The first kappa shape index (κ1) is 17.6. The minimum atomic E-state index is -0.914. The molecule has 0 bridgehead atoms. The number of fused-ring (bicyclic) bond motifs is 1. The molecule has 0 fully saturated rings. The Morgan fingerprint density at radius 3 is 2.80 bits per heavy atom. The van der Waals surface area contributed by atoms with Gasteiger partial charge in [-0.3, -0.25) is 4.98 Å². The lowest BCUT2D eigenvalue weighted by atomic mass is 9.97. The first-order valence-electron chi connectivity index (χ1n) is 8.21. The zero-order valence-corrected chi connectivity index (χ0v) is 15.6. The summed E-state index contributed by atoms with van der Waals surface area (Å²) in [5.41, 5.74) is 10.7. The maximum atomic E-state index is 11.8. The van der Waals surface area contributed by atoms with Crippen LogP contribution in [0.3, 0.4) is 0 Å². The fraction of sp³-hybridized carbons (Fsp3) is 0.263. The number of carboxylic acid groups (broad SMARTS) is 1. The van der Waals surface area contributed by atoms with Crippen LogP contribution in [0.15, 0.2) is 35.1 Å². The lowest BCUT2D eigenvalue weighted by Crippen LogP contribution is -2.01. The second kappa shape index (κ2) is 7.37. The predicted molar refractivity (Wildman–Crippen MR) is 103 cm³/mol. The number of carboxylic acids is 1. The Bertz CT molecular complexity index is 934. The predicted octanol–water partition coefficient (Wildman–Crippen LogP) is 4.28. The molecule has 0 aliphatic rings. The van der Waals surface area contributed by atoms with Crippen LogP contribution < -0.4 is 5.73 Å². The zero-order chi connectivity index (χ0) is 18.0. The number of nitrogens with one attached hydrogen (secondary N) is 1. The van der Waals surface area contributed by atoms with Crippen molar-refractivity contribution in [3.05, 3.63) is 51.8 Å². The third-order valence-electron chi connectivity index (χ3n) is 4.37. The van der Waals surface area contributed by atoms with Gasteiger partial charge in [-0.1, -0.05) is 6.07 Å². The smallest absolute Gasteiger partial charge is 0.336 e. The molecule has 5 nitrogen and oxygen atoms in total. The van der Waals surface area contributed by atoms with Gasteiger partial charge in [0.25, 0.3) is 0 Å². The molecule has 0 amide bonds. The Morgan fingerprint density at radius 2 is 2.12 bits per heavy atom. The van der Waals surface area contributed by atoms with E-state index in [9.17, 15) is 9.90 Å². The number of aromatic carboxylic acids is 1. The van der Waals surface area contributed by atoms with Crippen LogP contribution in [-0.2, 0) is 6.42 Å². The second-order valence-corrected chi connectivity index (χ2v) is 7.02. The van der Waals surface area contributed by atoms with Gasteiger partial charge in [0.05, 0.1) is 11.3 Å². The number of unbranched alkanes of at least 4 members (excludes halogenated alkanes) is 1.